The maximum Gasteiger partial charge on any atom is 0.213 e. The highest BCUT2D eigenvalue weighted by Gasteiger charge is 2.23. The minimum atomic E-state index is -3.29. The first-order valence-corrected chi connectivity index (χ1v) is 7.30. The highest BCUT2D eigenvalue weighted by molar-refractivity contribution is 7.89. The van der Waals surface area contributed by atoms with Gasteiger partial charge < -0.3 is 9.84 Å². The molecule has 0 saturated carbocycles. The van der Waals surface area contributed by atoms with Crippen LogP contribution in [0.5, 0.6) is 0 Å². The van der Waals surface area contributed by atoms with Gasteiger partial charge in [-0.1, -0.05) is 20.8 Å². The Morgan fingerprint density at radius 3 is 2.29 bits per heavy atom. The Morgan fingerprint density at radius 2 is 1.88 bits per heavy atom. The number of aliphatic hydroxyl groups is 1. The number of sulfonamides is 1. The average molecular weight is 267 g/mol. The van der Waals surface area contributed by atoms with Crippen molar-refractivity contribution in [1.29, 1.82) is 0 Å². The van der Waals surface area contributed by atoms with Crippen molar-refractivity contribution < 1.29 is 18.3 Å². The Labute approximate surface area is 105 Å². The van der Waals surface area contributed by atoms with Crippen LogP contribution in [0.3, 0.4) is 0 Å². The molecule has 0 rings (SSSR count). The summed E-state index contributed by atoms with van der Waals surface area (Å²) in [5, 5.41) is 9.48. The molecule has 1 N–H and O–H groups in total. The molecule has 1 unspecified atom stereocenters. The van der Waals surface area contributed by atoms with Crippen molar-refractivity contribution in [3.05, 3.63) is 0 Å². The SMILES string of the molecule is COCC(O)CN(C)S(=O)(=O)CCC(C)(C)C. The molecule has 0 bridgehead atoms. The van der Waals surface area contributed by atoms with Crippen LogP contribution in [0.1, 0.15) is 27.2 Å². The summed E-state index contributed by atoms with van der Waals surface area (Å²) >= 11 is 0. The normalized spacial score (nSPS) is 15.2. The van der Waals surface area contributed by atoms with E-state index < -0.39 is 16.1 Å². The Balaban J connectivity index is 4.31. The van der Waals surface area contributed by atoms with E-state index in [0.717, 1.165) is 0 Å². The van der Waals surface area contributed by atoms with E-state index in [0.29, 0.717) is 6.42 Å². The third-order valence-corrected chi connectivity index (χ3v) is 4.23. The zero-order chi connectivity index (χ0) is 13.7. The molecule has 0 spiro atoms. The second kappa shape index (κ2) is 6.68. The maximum atomic E-state index is 11.9. The Hall–Kier alpha value is -0.170. The van der Waals surface area contributed by atoms with Crippen molar-refractivity contribution in [3.63, 3.8) is 0 Å². The molecule has 0 fully saturated rings. The van der Waals surface area contributed by atoms with E-state index in [9.17, 15) is 13.5 Å². The summed E-state index contributed by atoms with van der Waals surface area (Å²) in [6.07, 6.45) is -0.186. The summed E-state index contributed by atoms with van der Waals surface area (Å²) in [5.74, 6) is 0.104. The van der Waals surface area contributed by atoms with Crippen LogP contribution in [0.15, 0.2) is 0 Å². The summed E-state index contributed by atoms with van der Waals surface area (Å²) in [6.45, 7) is 6.21. The number of ether oxygens (including phenoxy) is 1. The van der Waals surface area contributed by atoms with E-state index in [2.05, 4.69) is 0 Å². The summed E-state index contributed by atoms with van der Waals surface area (Å²) in [5.41, 5.74) is -0.0148. The van der Waals surface area contributed by atoms with Crippen LogP contribution in [-0.4, -0.2) is 57.0 Å². The third kappa shape index (κ3) is 7.70. The lowest BCUT2D eigenvalue weighted by Crippen LogP contribution is -2.38. The van der Waals surface area contributed by atoms with Gasteiger partial charge in [0.2, 0.25) is 10.0 Å². The first kappa shape index (κ1) is 16.8. The Bertz CT molecular complexity index is 308. The summed E-state index contributed by atoms with van der Waals surface area (Å²) < 4.78 is 29.7. The number of methoxy groups -OCH3 is 1. The molecule has 0 aromatic carbocycles. The molecule has 0 saturated heterocycles. The van der Waals surface area contributed by atoms with E-state index in [1.54, 1.807) is 0 Å². The second-order valence-corrected chi connectivity index (χ2v) is 7.71. The smallest absolute Gasteiger partial charge is 0.213 e. The van der Waals surface area contributed by atoms with Crippen molar-refractivity contribution >= 4 is 10.0 Å². The van der Waals surface area contributed by atoms with Gasteiger partial charge in [0.1, 0.15) is 0 Å². The fourth-order valence-corrected chi connectivity index (χ4v) is 2.83. The topological polar surface area (TPSA) is 66.8 Å². The predicted molar refractivity (Wildman–Crippen MR) is 68.4 cm³/mol. The molecule has 104 valence electrons. The highest BCUT2D eigenvalue weighted by Crippen LogP contribution is 2.20. The van der Waals surface area contributed by atoms with Crippen LogP contribution >= 0.6 is 0 Å². The molecule has 6 heteroatoms. The minimum absolute atomic E-state index is 0.0148. The molecule has 17 heavy (non-hydrogen) atoms. The van der Waals surface area contributed by atoms with Crippen molar-refractivity contribution in [3.8, 4) is 0 Å². The van der Waals surface area contributed by atoms with Gasteiger partial charge in [0.05, 0.1) is 18.5 Å². The van der Waals surface area contributed by atoms with Gasteiger partial charge in [-0.15, -0.1) is 0 Å². The van der Waals surface area contributed by atoms with Gasteiger partial charge in [-0.25, -0.2) is 12.7 Å². The minimum Gasteiger partial charge on any atom is -0.389 e. The summed E-state index contributed by atoms with van der Waals surface area (Å²) in [4.78, 5) is 0. The molecule has 0 aromatic heterocycles. The predicted octanol–water partition coefficient (Wildman–Crippen LogP) is 0.692. The van der Waals surface area contributed by atoms with Crippen LogP contribution < -0.4 is 0 Å². The average Bonchev–Trinajstić information content (AvgIpc) is 2.14. The van der Waals surface area contributed by atoms with Gasteiger partial charge in [0, 0.05) is 20.7 Å². The third-order valence-electron chi connectivity index (χ3n) is 2.41. The van der Waals surface area contributed by atoms with Gasteiger partial charge in [-0.05, 0) is 11.8 Å². The van der Waals surface area contributed by atoms with Gasteiger partial charge in [0.15, 0.2) is 0 Å². The quantitative estimate of drug-likeness (QED) is 0.737. The number of likely N-dealkylation sites (N-methyl/N-ethyl adjacent to an activating group) is 1. The van der Waals surface area contributed by atoms with Gasteiger partial charge in [-0.3, -0.25) is 0 Å². The molecule has 0 aliphatic carbocycles. The van der Waals surface area contributed by atoms with Crippen LogP contribution in [-0.2, 0) is 14.8 Å². The van der Waals surface area contributed by atoms with Gasteiger partial charge in [-0.2, -0.15) is 0 Å². The molecule has 0 heterocycles. The molecule has 0 aliphatic rings. The van der Waals surface area contributed by atoms with Crippen LogP contribution in [0.25, 0.3) is 0 Å². The van der Waals surface area contributed by atoms with Crippen molar-refractivity contribution in [1.82, 2.24) is 4.31 Å². The summed E-state index contributed by atoms with van der Waals surface area (Å²) in [7, 11) is -0.337. The van der Waals surface area contributed by atoms with E-state index in [1.165, 1.54) is 18.5 Å². The zero-order valence-corrected chi connectivity index (χ0v) is 12.2. The standard InChI is InChI=1S/C11H25NO4S/c1-11(2,3)6-7-17(14,15)12(4)8-10(13)9-16-5/h10,13H,6-9H2,1-5H3. The van der Waals surface area contributed by atoms with E-state index in [4.69, 9.17) is 4.74 Å². The number of hydrogen-bond acceptors (Lipinski definition) is 4. The molecule has 0 amide bonds. The van der Waals surface area contributed by atoms with E-state index in [1.807, 2.05) is 20.8 Å². The Kier molecular flexibility index (Phi) is 6.61. The lowest BCUT2D eigenvalue weighted by Gasteiger charge is -2.23. The highest BCUT2D eigenvalue weighted by atomic mass is 32.2. The molecule has 0 radical (unpaired) electrons. The number of hydrogen-bond donors (Lipinski definition) is 1. The molecule has 5 nitrogen and oxygen atoms in total. The number of nitrogens with zero attached hydrogens (tertiary/aromatic N) is 1. The molecule has 0 aromatic rings. The van der Waals surface area contributed by atoms with Crippen LogP contribution in [0.2, 0.25) is 0 Å². The molecule has 1 atom stereocenters. The first-order chi connectivity index (χ1) is 7.58. The largest absolute Gasteiger partial charge is 0.389 e. The first-order valence-electron chi connectivity index (χ1n) is 5.69. The lowest BCUT2D eigenvalue weighted by atomic mass is 9.94. The molecular weight excluding hydrogens is 242 g/mol. The molecular formula is C11H25NO4S. The fraction of sp³-hybridized carbons (Fsp3) is 1.00. The van der Waals surface area contributed by atoms with Gasteiger partial charge in [0.25, 0.3) is 0 Å². The second-order valence-electron chi connectivity index (χ2n) is 5.52. The number of rotatable bonds is 7. The van der Waals surface area contributed by atoms with E-state index >= 15 is 0 Å². The monoisotopic (exact) mass is 267 g/mol. The summed E-state index contributed by atoms with van der Waals surface area (Å²) in [6, 6.07) is 0. The van der Waals surface area contributed by atoms with Crippen LogP contribution in [0.4, 0.5) is 0 Å². The maximum absolute atomic E-state index is 11.9. The van der Waals surface area contributed by atoms with Gasteiger partial charge >= 0.3 is 0 Å². The van der Waals surface area contributed by atoms with Crippen molar-refractivity contribution in [2.45, 2.75) is 33.3 Å². The van der Waals surface area contributed by atoms with Crippen molar-refractivity contribution in [2.24, 2.45) is 5.41 Å². The number of aliphatic hydroxyl groups excluding tert-OH is 1. The Morgan fingerprint density at radius 1 is 1.35 bits per heavy atom. The zero-order valence-electron chi connectivity index (χ0n) is 11.4. The molecule has 0 aliphatic heterocycles. The lowest BCUT2D eigenvalue weighted by molar-refractivity contribution is 0.0554. The van der Waals surface area contributed by atoms with Crippen molar-refractivity contribution in [2.75, 3.05) is 33.1 Å². The fourth-order valence-electron chi connectivity index (χ4n) is 1.25. The van der Waals surface area contributed by atoms with E-state index in [-0.39, 0.29) is 24.3 Å². The van der Waals surface area contributed by atoms with Crippen LogP contribution in [0, 0.1) is 5.41 Å².